The molecular formula is C19H20O2. The molecule has 108 valence electrons. The summed E-state index contributed by atoms with van der Waals surface area (Å²) in [5.41, 5.74) is 4.61. The number of hydrogen-bond acceptors (Lipinski definition) is 2. The van der Waals surface area contributed by atoms with Crippen LogP contribution in [0.5, 0.6) is 0 Å². The van der Waals surface area contributed by atoms with Gasteiger partial charge in [-0.25, -0.2) is 4.79 Å². The lowest BCUT2D eigenvalue weighted by atomic mass is 9.98. The van der Waals surface area contributed by atoms with Gasteiger partial charge in [-0.3, -0.25) is 0 Å². The molecule has 0 unspecified atom stereocenters. The molecule has 0 radical (unpaired) electrons. The number of esters is 1. The normalized spacial score (nSPS) is 10.5. The summed E-state index contributed by atoms with van der Waals surface area (Å²) in [5, 5.41) is 0. The Bertz CT molecular complexity index is 625. The quantitative estimate of drug-likeness (QED) is 0.608. The third-order valence-corrected chi connectivity index (χ3v) is 3.26. The molecule has 0 amide bonds. The van der Waals surface area contributed by atoms with Gasteiger partial charge in [0.25, 0.3) is 0 Å². The fraction of sp³-hybridized carbons (Fsp3) is 0.211. The number of benzene rings is 2. The molecule has 2 heteroatoms. The van der Waals surface area contributed by atoms with Crippen LogP contribution >= 0.6 is 0 Å². The van der Waals surface area contributed by atoms with Crippen LogP contribution in [0.25, 0.3) is 0 Å². The zero-order valence-electron chi connectivity index (χ0n) is 12.7. The lowest BCUT2D eigenvalue weighted by Crippen LogP contribution is -2.13. The van der Waals surface area contributed by atoms with Gasteiger partial charge in [-0.2, -0.15) is 0 Å². The fourth-order valence-corrected chi connectivity index (χ4v) is 2.20. The number of carbonyl (C=O) groups is 1. The second-order valence-corrected chi connectivity index (χ2v) is 5.39. The van der Waals surface area contributed by atoms with Crippen LogP contribution in [0.3, 0.4) is 0 Å². The van der Waals surface area contributed by atoms with Crippen molar-refractivity contribution < 1.29 is 9.53 Å². The van der Waals surface area contributed by atoms with E-state index in [2.05, 4.69) is 6.58 Å². The molecule has 21 heavy (non-hydrogen) atoms. The van der Waals surface area contributed by atoms with Gasteiger partial charge >= 0.3 is 5.97 Å². The van der Waals surface area contributed by atoms with Crippen LogP contribution in [0, 0.1) is 13.8 Å². The van der Waals surface area contributed by atoms with Crippen molar-refractivity contribution in [2.24, 2.45) is 0 Å². The lowest BCUT2D eigenvalue weighted by Gasteiger charge is -2.20. The van der Waals surface area contributed by atoms with Gasteiger partial charge in [0, 0.05) is 5.57 Å². The van der Waals surface area contributed by atoms with Crippen molar-refractivity contribution in [1.29, 1.82) is 0 Å². The van der Waals surface area contributed by atoms with Gasteiger partial charge in [-0.05, 0) is 31.9 Å². The average Bonchev–Trinajstić information content (AvgIpc) is 2.44. The van der Waals surface area contributed by atoms with E-state index < -0.39 is 6.10 Å². The van der Waals surface area contributed by atoms with Crippen LogP contribution < -0.4 is 0 Å². The predicted molar refractivity (Wildman–Crippen MR) is 85.1 cm³/mol. The Morgan fingerprint density at radius 1 is 1.00 bits per heavy atom. The molecule has 0 saturated carbocycles. The highest BCUT2D eigenvalue weighted by Crippen LogP contribution is 2.28. The standard InChI is InChI=1S/C19H20O2/c1-13(2)19(20)21-18(16-9-5-7-14(3)11-16)17-10-6-8-15(4)12-17/h5-12,18H,1H2,2-4H3. The zero-order chi connectivity index (χ0) is 15.4. The Labute approximate surface area is 126 Å². The zero-order valence-corrected chi connectivity index (χ0v) is 12.7. The molecule has 0 bridgehead atoms. The second-order valence-electron chi connectivity index (χ2n) is 5.39. The highest BCUT2D eigenvalue weighted by atomic mass is 16.5. The Morgan fingerprint density at radius 2 is 1.48 bits per heavy atom. The molecule has 2 rings (SSSR count). The first-order valence-electron chi connectivity index (χ1n) is 6.97. The Hall–Kier alpha value is -2.35. The van der Waals surface area contributed by atoms with Gasteiger partial charge < -0.3 is 4.74 Å². The van der Waals surface area contributed by atoms with E-state index in [-0.39, 0.29) is 5.97 Å². The van der Waals surface area contributed by atoms with Crippen LogP contribution in [0.2, 0.25) is 0 Å². The van der Waals surface area contributed by atoms with E-state index in [9.17, 15) is 4.79 Å². The molecule has 2 nitrogen and oxygen atoms in total. The maximum Gasteiger partial charge on any atom is 0.334 e. The van der Waals surface area contributed by atoms with Crippen LogP contribution in [0.15, 0.2) is 60.7 Å². The first-order chi connectivity index (χ1) is 9.97. The summed E-state index contributed by atoms with van der Waals surface area (Å²) >= 11 is 0. The van der Waals surface area contributed by atoms with Crippen LogP contribution in [-0.4, -0.2) is 5.97 Å². The molecule has 0 N–H and O–H groups in total. The fourth-order valence-electron chi connectivity index (χ4n) is 2.20. The highest BCUT2D eigenvalue weighted by Gasteiger charge is 2.19. The summed E-state index contributed by atoms with van der Waals surface area (Å²) in [4.78, 5) is 11.9. The highest BCUT2D eigenvalue weighted by molar-refractivity contribution is 5.87. The Balaban J connectivity index is 2.44. The molecule has 2 aromatic carbocycles. The van der Waals surface area contributed by atoms with Gasteiger partial charge in [0.05, 0.1) is 0 Å². The van der Waals surface area contributed by atoms with Crippen LogP contribution in [0.4, 0.5) is 0 Å². The third-order valence-electron chi connectivity index (χ3n) is 3.26. The summed E-state index contributed by atoms with van der Waals surface area (Å²) in [6, 6.07) is 16.0. The first-order valence-corrected chi connectivity index (χ1v) is 6.97. The molecule has 2 aromatic rings. The molecular weight excluding hydrogens is 260 g/mol. The molecule has 0 saturated heterocycles. The summed E-state index contributed by atoms with van der Waals surface area (Å²) in [5.74, 6) is -0.372. The van der Waals surface area contributed by atoms with Crippen molar-refractivity contribution in [3.8, 4) is 0 Å². The number of rotatable bonds is 4. The number of aryl methyl sites for hydroxylation is 2. The maximum absolute atomic E-state index is 11.9. The summed E-state index contributed by atoms with van der Waals surface area (Å²) in [6.07, 6.45) is -0.408. The molecule has 0 aliphatic heterocycles. The smallest absolute Gasteiger partial charge is 0.334 e. The van der Waals surface area contributed by atoms with Crippen molar-refractivity contribution in [3.05, 3.63) is 82.9 Å². The molecule has 0 heterocycles. The summed E-state index contributed by atoms with van der Waals surface area (Å²) < 4.78 is 5.66. The van der Waals surface area contributed by atoms with Gasteiger partial charge in [0.15, 0.2) is 6.10 Å². The van der Waals surface area contributed by atoms with E-state index in [1.807, 2.05) is 62.4 Å². The SMILES string of the molecule is C=C(C)C(=O)OC(c1cccc(C)c1)c1cccc(C)c1. The van der Waals surface area contributed by atoms with Crippen LogP contribution in [0.1, 0.15) is 35.3 Å². The molecule has 0 aromatic heterocycles. The summed E-state index contributed by atoms with van der Waals surface area (Å²) in [6.45, 7) is 9.36. The monoisotopic (exact) mass is 280 g/mol. The average molecular weight is 280 g/mol. The van der Waals surface area contributed by atoms with Crippen molar-refractivity contribution in [2.45, 2.75) is 26.9 Å². The van der Waals surface area contributed by atoms with E-state index >= 15 is 0 Å². The second kappa shape index (κ2) is 6.40. The van der Waals surface area contributed by atoms with E-state index in [1.54, 1.807) is 6.92 Å². The van der Waals surface area contributed by atoms with Gasteiger partial charge in [0.1, 0.15) is 0 Å². The van der Waals surface area contributed by atoms with E-state index in [4.69, 9.17) is 4.74 Å². The minimum absolute atomic E-state index is 0.372. The van der Waals surface area contributed by atoms with E-state index in [1.165, 1.54) is 0 Å². The van der Waals surface area contributed by atoms with Gasteiger partial charge in [-0.1, -0.05) is 66.2 Å². The van der Waals surface area contributed by atoms with Crippen LogP contribution in [-0.2, 0) is 9.53 Å². The predicted octanol–water partition coefficient (Wildman–Crippen LogP) is 4.51. The van der Waals surface area contributed by atoms with Gasteiger partial charge in [-0.15, -0.1) is 0 Å². The topological polar surface area (TPSA) is 26.3 Å². The third kappa shape index (κ3) is 3.82. The minimum atomic E-state index is -0.408. The molecule has 0 atom stereocenters. The lowest BCUT2D eigenvalue weighted by molar-refractivity contribution is -0.142. The van der Waals surface area contributed by atoms with E-state index in [0.29, 0.717) is 5.57 Å². The van der Waals surface area contributed by atoms with Crippen molar-refractivity contribution in [3.63, 3.8) is 0 Å². The maximum atomic E-state index is 11.9. The Morgan fingerprint density at radius 3 is 1.86 bits per heavy atom. The first kappa shape index (κ1) is 15.0. The Kier molecular flexibility index (Phi) is 4.59. The molecule has 0 aliphatic rings. The van der Waals surface area contributed by atoms with Crippen molar-refractivity contribution in [2.75, 3.05) is 0 Å². The number of ether oxygens (including phenoxy) is 1. The molecule has 0 aliphatic carbocycles. The van der Waals surface area contributed by atoms with Crippen molar-refractivity contribution in [1.82, 2.24) is 0 Å². The largest absolute Gasteiger partial charge is 0.449 e. The number of carbonyl (C=O) groups excluding carboxylic acids is 1. The minimum Gasteiger partial charge on any atom is -0.449 e. The molecule has 0 fully saturated rings. The van der Waals surface area contributed by atoms with Crippen molar-refractivity contribution >= 4 is 5.97 Å². The van der Waals surface area contributed by atoms with E-state index in [0.717, 1.165) is 22.3 Å². The molecule has 0 spiro atoms. The number of hydrogen-bond donors (Lipinski definition) is 0. The van der Waals surface area contributed by atoms with Gasteiger partial charge in [0.2, 0.25) is 0 Å². The summed E-state index contributed by atoms with van der Waals surface area (Å²) in [7, 11) is 0.